The first-order valence-corrected chi connectivity index (χ1v) is 6.30. The maximum Gasteiger partial charge on any atom is 0.262 e. The average Bonchev–Trinajstić information content (AvgIpc) is 2.42. The van der Waals surface area contributed by atoms with Crippen molar-refractivity contribution in [3.63, 3.8) is 0 Å². The first-order chi connectivity index (χ1) is 9.54. The van der Waals surface area contributed by atoms with E-state index in [9.17, 15) is 9.18 Å². The van der Waals surface area contributed by atoms with Crippen molar-refractivity contribution in [1.82, 2.24) is 0 Å². The van der Waals surface area contributed by atoms with Crippen LogP contribution in [0.1, 0.15) is 11.1 Å². The first-order valence-electron chi connectivity index (χ1n) is 6.30. The normalized spacial score (nSPS) is 10.2. The molecule has 104 valence electrons. The summed E-state index contributed by atoms with van der Waals surface area (Å²) in [6.07, 6.45) is 0. The largest absolute Gasteiger partial charge is 0.483 e. The predicted octanol–water partition coefficient (Wildman–Crippen LogP) is 3.46. The van der Waals surface area contributed by atoms with E-state index in [4.69, 9.17) is 4.74 Å². The van der Waals surface area contributed by atoms with Crippen LogP contribution in [-0.4, -0.2) is 12.5 Å². The van der Waals surface area contributed by atoms with Crippen molar-refractivity contribution in [2.24, 2.45) is 0 Å². The van der Waals surface area contributed by atoms with Crippen LogP contribution in [0.4, 0.5) is 10.1 Å². The fourth-order valence-electron chi connectivity index (χ4n) is 1.71. The summed E-state index contributed by atoms with van der Waals surface area (Å²) in [7, 11) is 0. The third kappa shape index (κ3) is 3.82. The summed E-state index contributed by atoms with van der Waals surface area (Å²) in [5.41, 5.74) is 2.62. The molecule has 0 aromatic heterocycles. The molecule has 0 aliphatic carbocycles. The molecule has 0 fully saturated rings. The Morgan fingerprint density at radius 1 is 1.15 bits per heavy atom. The molecule has 2 rings (SSSR count). The highest BCUT2D eigenvalue weighted by Gasteiger charge is 2.06. The molecular formula is C16H16FNO2. The molecule has 0 atom stereocenters. The van der Waals surface area contributed by atoms with Crippen LogP contribution in [0.25, 0.3) is 0 Å². The Kier molecular flexibility index (Phi) is 4.35. The highest BCUT2D eigenvalue weighted by atomic mass is 19.1. The van der Waals surface area contributed by atoms with Crippen molar-refractivity contribution in [3.05, 3.63) is 59.4 Å². The van der Waals surface area contributed by atoms with Gasteiger partial charge in [-0.25, -0.2) is 4.39 Å². The Labute approximate surface area is 117 Å². The zero-order chi connectivity index (χ0) is 14.5. The lowest BCUT2D eigenvalue weighted by molar-refractivity contribution is -0.118. The lowest BCUT2D eigenvalue weighted by Crippen LogP contribution is -2.20. The van der Waals surface area contributed by atoms with Gasteiger partial charge in [0, 0.05) is 11.8 Å². The van der Waals surface area contributed by atoms with Gasteiger partial charge in [-0.1, -0.05) is 23.8 Å². The second kappa shape index (κ2) is 6.19. The zero-order valence-corrected chi connectivity index (χ0v) is 11.4. The van der Waals surface area contributed by atoms with E-state index >= 15 is 0 Å². The molecule has 0 aliphatic heterocycles. The quantitative estimate of drug-likeness (QED) is 0.926. The molecule has 1 N–H and O–H groups in total. The highest BCUT2D eigenvalue weighted by molar-refractivity contribution is 5.91. The third-order valence-electron chi connectivity index (χ3n) is 2.84. The fraction of sp³-hybridized carbons (Fsp3) is 0.188. The summed E-state index contributed by atoms with van der Waals surface area (Å²) in [5.74, 6) is -0.286. The van der Waals surface area contributed by atoms with Crippen LogP contribution in [-0.2, 0) is 4.79 Å². The fourth-order valence-corrected chi connectivity index (χ4v) is 1.71. The standard InChI is InChI=1S/C16H16FNO2/c1-11-3-7-14(8-4-11)18-16(19)10-20-15-9-13(17)6-5-12(15)2/h3-9H,10H2,1-2H3,(H,18,19). The minimum Gasteiger partial charge on any atom is -0.483 e. The smallest absolute Gasteiger partial charge is 0.262 e. The number of nitrogens with one attached hydrogen (secondary N) is 1. The van der Waals surface area contributed by atoms with Crippen molar-refractivity contribution in [2.75, 3.05) is 11.9 Å². The summed E-state index contributed by atoms with van der Waals surface area (Å²) < 4.78 is 18.4. The Balaban J connectivity index is 1.92. The van der Waals surface area contributed by atoms with Crippen LogP contribution in [0.15, 0.2) is 42.5 Å². The lowest BCUT2D eigenvalue weighted by atomic mass is 10.2. The van der Waals surface area contributed by atoms with Gasteiger partial charge < -0.3 is 10.1 Å². The van der Waals surface area contributed by atoms with Crippen LogP contribution in [0.5, 0.6) is 5.75 Å². The predicted molar refractivity (Wildman–Crippen MR) is 76.4 cm³/mol. The van der Waals surface area contributed by atoms with Gasteiger partial charge in [0.05, 0.1) is 0 Å². The average molecular weight is 273 g/mol. The summed E-state index contributed by atoms with van der Waals surface area (Å²) >= 11 is 0. The number of ether oxygens (including phenoxy) is 1. The number of halogens is 1. The van der Waals surface area contributed by atoms with E-state index < -0.39 is 0 Å². The molecule has 0 spiro atoms. The van der Waals surface area contributed by atoms with E-state index in [1.165, 1.54) is 12.1 Å². The maximum atomic E-state index is 13.1. The topological polar surface area (TPSA) is 38.3 Å². The monoisotopic (exact) mass is 273 g/mol. The van der Waals surface area contributed by atoms with E-state index in [0.717, 1.165) is 11.1 Å². The van der Waals surface area contributed by atoms with Crippen LogP contribution < -0.4 is 10.1 Å². The second-order valence-electron chi connectivity index (χ2n) is 4.61. The van der Waals surface area contributed by atoms with Crippen molar-refractivity contribution < 1.29 is 13.9 Å². The van der Waals surface area contributed by atoms with Gasteiger partial charge in [-0.2, -0.15) is 0 Å². The third-order valence-corrected chi connectivity index (χ3v) is 2.84. The zero-order valence-electron chi connectivity index (χ0n) is 11.4. The van der Waals surface area contributed by atoms with Crippen molar-refractivity contribution in [1.29, 1.82) is 0 Å². The summed E-state index contributed by atoms with van der Waals surface area (Å²) in [4.78, 5) is 11.7. The summed E-state index contributed by atoms with van der Waals surface area (Å²) in [5, 5.41) is 2.72. The van der Waals surface area contributed by atoms with Crippen LogP contribution in [0, 0.1) is 19.7 Å². The van der Waals surface area contributed by atoms with E-state index in [1.807, 2.05) is 31.2 Å². The molecule has 2 aromatic carbocycles. The van der Waals surface area contributed by atoms with E-state index in [2.05, 4.69) is 5.32 Å². The van der Waals surface area contributed by atoms with Gasteiger partial charge in [-0.3, -0.25) is 4.79 Å². The minimum absolute atomic E-state index is 0.155. The van der Waals surface area contributed by atoms with E-state index in [0.29, 0.717) is 11.4 Å². The lowest BCUT2D eigenvalue weighted by Gasteiger charge is -2.09. The number of carbonyl (C=O) groups is 1. The van der Waals surface area contributed by atoms with Crippen molar-refractivity contribution in [2.45, 2.75) is 13.8 Å². The number of amides is 1. The Hall–Kier alpha value is -2.36. The summed E-state index contributed by atoms with van der Waals surface area (Å²) in [6, 6.07) is 11.7. The molecule has 2 aromatic rings. The molecule has 0 saturated heterocycles. The van der Waals surface area contributed by atoms with Gasteiger partial charge in [0.2, 0.25) is 0 Å². The molecule has 1 amide bonds. The molecule has 0 unspecified atom stereocenters. The van der Waals surface area contributed by atoms with Crippen LogP contribution in [0.3, 0.4) is 0 Å². The molecule has 0 heterocycles. The van der Waals surface area contributed by atoms with Crippen molar-refractivity contribution >= 4 is 11.6 Å². The number of benzene rings is 2. The molecule has 0 radical (unpaired) electrons. The molecule has 0 aliphatic rings. The van der Waals surface area contributed by atoms with Gasteiger partial charge in [0.1, 0.15) is 11.6 Å². The molecule has 0 saturated carbocycles. The maximum absolute atomic E-state index is 13.1. The second-order valence-corrected chi connectivity index (χ2v) is 4.61. The first kappa shape index (κ1) is 14.1. The van der Waals surface area contributed by atoms with E-state index in [-0.39, 0.29) is 18.3 Å². The minimum atomic E-state index is -0.385. The highest BCUT2D eigenvalue weighted by Crippen LogP contribution is 2.18. The van der Waals surface area contributed by atoms with Gasteiger partial charge in [-0.05, 0) is 37.6 Å². The Bertz CT molecular complexity index is 608. The molecule has 0 bridgehead atoms. The number of aryl methyl sites for hydroxylation is 2. The SMILES string of the molecule is Cc1ccc(NC(=O)COc2cc(F)ccc2C)cc1. The molecular weight excluding hydrogens is 257 g/mol. The number of hydrogen-bond acceptors (Lipinski definition) is 2. The van der Waals surface area contributed by atoms with Gasteiger partial charge >= 0.3 is 0 Å². The number of hydrogen-bond donors (Lipinski definition) is 1. The van der Waals surface area contributed by atoms with Crippen LogP contribution >= 0.6 is 0 Å². The Morgan fingerprint density at radius 2 is 1.85 bits per heavy atom. The number of rotatable bonds is 4. The number of carbonyl (C=O) groups excluding carboxylic acids is 1. The van der Waals surface area contributed by atoms with Crippen LogP contribution in [0.2, 0.25) is 0 Å². The molecule has 4 heteroatoms. The molecule has 3 nitrogen and oxygen atoms in total. The van der Waals surface area contributed by atoms with Gasteiger partial charge in [-0.15, -0.1) is 0 Å². The number of anilines is 1. The Morgan fingerprint density at radius 3 is 2.55 bits per heavy atom. The van der Waals surface area contributed by atoms with Gasteiger partial charge in [0.25, 0.3) is 5.91 Å². The van der Waals surface area contributed by atoms with Gasteiger partial charge in [0.15, 0.2) is 6.61 Å². The van der Waals surface area contributed by atoms with Crippen molar-refractivity contribution in [3.8, 4) is 5.75 Å². The summed E-state index contributed by atoms with van der Waals surface area (Å²) in [6.45, 7) is 3.62. The molecule has 20 heavy (non-hydrogen) atoms. The van der Waals surface area contributed by atoms with E-state index in [1.54, 1.807) is 13.0 Å².